The van der Waals surface area contributed by atoms with Gasteiger partial charge in [-0.25, -0.2) is 8.42 Å². The molecule has 3 rings (SSSR count). The molecule has 25 heavy (non-hydrogen) atoms. The van der Waals surface area contributed by atoms with E-state index in [-0.39, 0.29) is 5.69 Å². The number of para-hydroxylation sites is 1. The molecule has 1 heterocycles. The van der Waals surface area contributed by atoms with Crippen molar-refractivity contribution in [2.45, 2.75) is 0 Å². The molecule has 0 aliphatic heterocycles. The zero-order valence-electron chi connectivity index (χ0n) is 13.2. The number of nitrogens with zero attached hydrogens (tertiary/aromatic N) is 3. The van der Waals surface area contributed by atoms with Crippen molar-refractivity contribution in [2.75, 3.05) is 16.3 Å². The van der Waals surface area contributed by atoms with E-state index in [1.165, 1.54) is 17.1 Å². The maximum atomic E-state index is 12.3. The first-order valence-electron chi connectivity index (χ1n) is 7.28. The molecule has 2 N–H and O–H groups in total. The smallest absolute Gasteiger partial charge is 0.277 e. The zero-order valence-corrected chi connectivity index (χ0v) is 14.1. The first-order valence-corrected chi connectivity index (χ1v) is 9.17. The summed E-state index contributed by atoms with van der Waals surface area (Å²) in [5.41, 5.74) is 1.67. The number of rotatable bonds is 5. The van der Waals surface area contributed by atoms with Gasteiger partial charge in [0.25, 0.3) is 5.91 Å². The minimum atomic E-state index is -3.39. The van der Waals surface area contributed by atoms with Gasteiger partial charge >= 0.3 is 0 Å². The van der Waals surface area contributed by atoms with Crippen LogP contribution in [0.2, 0.25) is 0 Å². The third kappa shape index (κ3) is 4.42. The van der Waals surface area contributed by atoms with Crippen LogP contribution in [0.3, 0.4) is 0 Å². The average Bonchev–Trinajstić information content (AvgIpc) is 3.04. The fourth-order valence-corrected chi connectivity index (χ4v) is 2.68. The van der Waals surface area contributed by atoms with Crippen LogP contribution in [0.15, 0.2) is 60.8 Å². The van der Waals surface area contributed by atoms with Crippen LogP contribution in [0.25, 0.3) is 5.69 Å². The average molecular weight is 357 g/mol. The number of hydrogen-bond donors (Lipinski definition) is 2. The summed E-state index contributed by atoms with van der Waals surface area (Å²) < 4.78 is 24.9. The van der Waals surface area contributed by atoms with Gasteiger partial charge in [-0.1, -0.05) is 24.3 Å². The fraction of sp³-hybridized carbons (Fsp3) is 0.0625. The first-order chi connectivity index (χ1) is 11.9. The molecule has 0 fully saturated rings. The summed E-state index contributed by atoms with van der Waals surface area (Å²) in [7, 11) is -3.39. The SMILES string of the molecule is CS(=O)(=O)Nc1cccc(NC(=O)c2cnn(-c3ccccc3)n2)c1. The lowest BCUT2D eigenvalue weighted by Gasteiger charge is -2.07. The zero-order chi connectivity index (χ0) is 17.9. The summed E-state index contributed by atoms with van der Waals surface area (Å²) >= 11 is 0. The van der Waals surface area contributed by atoms with Gasteiger partial charge < -0.3 is 5.32 Å². The molecule has 8 nitrogen and oxygen atoms in total. The Balaban J connectivity index is 1.75. The lowest BCUT2D eigenvalue weighted by molar-refractivity contribution is 0.102. The minimum absolute atomic E-state index is 0.144. The lowest BCUT2D eigenvalue weighted by atomic mass is 10.3. The summed E-state index contributed by atoms with van der Waals surface area (Å²) in [6.07, 6.45) is 2.42. The molecule has 0 atom stereocenters. The van der Waals surface area contributed by atoms with Crippen molar-refractivity contribution in [3.05, 3.63) is 66.5 Å². The second kappa shape index (κ2) is 6.73. The van der Waals surface area contributed by atoms with E-state index in [1.807, 2.05) is 30.3 Å². The molecule has 0 unspecified atom stereocenters. The quantitative estimate of drug-likeness (QED) is 0.725. The van der Waals surface area contributed by atoms with E-state index < -0.39 is 15.9 Å². The van der Waals surface area contributed by atoms with E-state index in [9.17, 15) is 13.2 Å². The number of anilines is 2. The maximum Gasteiger partial charge on any atom is 0.277 e. The molecule has 1 amide bonds. The monoisotopic (exact) mass is 357 g/mol. The summed E-state index contributed by atoms with van der Waals surface area (Å²) in [6, 6.07) is 15.6. The number of sulfonamides is 1. The number of nitrogens with one attached hydrogen (secondary N) is 2. The maximum absolute atomic E-state index is 12.3. The van der Waals surface area contributed by atoms with Crippen molar-refractivity contribution >= 4 is 27.3 Å². The molecule has 9 heteroatoms. The van der Waals surface area contributed by atoms with Gasteiger partial charge in [0, 0.05) is 5.69 Å². The van der Waals surface area contributed by atoms with Crippen molar-refractivity contribution in [1.29, 1.82) is 0 Å². The number of benzene rings is 2. The van der Waals surface area contributed by atoms with E-state index in [4.69, 9.17) is 0 Å². The third-order valence-corrected chi connectivity index (χ3v) is 3.74. The second-order valence-corrected chi connectivity index (χ2v) is 7.01. The van der Waals surface area contributed by atoms with Crippen LogP contribution < -0.4 is 10.0 Å². The largest absolute Gasteiger partial charge is 0.320 e. The van der Waals surface area contributed by atoms with Crippen LogP contribution in [0.1, 0.15) is 10.5 Å². The van der Waals surface area contributed by atoms with Crippen molar-refractivity contribution < 1.29 is 13.2 Å². The molecule has 0 saturated carbocycles. The predicted molar refractivity (Wildman–Crippen MR) is 94.2 cm³/mol. The molecule has 2 aromatic carbocycles. The van der Waals surface area contributed by atoms with Gasteiger partial charge in [0.05, 0.1) is 23.8 Å². The van der Waals surface area contributed by atoms with E-state index >= 15 is 0 Å². The number of amides is 1. The molecule has 128 valence electrons. The highest BCUT2D eigenvalue weighted by Crippen LogP contribution is 2.16. The Bertz CT molecular complexity index is 999. The van der Waals surface area contributed by atoms with Crippen LogP contribution >= 0.6 is 0 Å². The Kier molecular flexibility index (Phi) is 4.48. The van der Waals surface area contributed by atoms with Crippen molar-refractivity contribution in [3.63, 3.8) is 0 Å². The highest BCUT2D eigenvalue weighted by Gasteiger charge is 2.12. The highest BCUT2D eigenvalue weighted by atomic mass is 32.2. The van der Waals surface area contributed by atoms with E-state index in [1.54, 1.807) is 18.2 Å². The standard InChI is InChI=1S/C16H15N5O3S/c1-25(23,24)20-13-7-5-6-12(10-13)18-16(22)15-11-17-21(19-15)14-8-3-2-4-9-14/h2-11,20H,1H3,(H,18,22). The summed E-state index contributed by atoms with van der Waals surface area (Å²) in [6.45, 7) is 0. The Labute approximate surface area is 144 Å². The van der Waals surface area contributed by atoms with E-state index in [0.717, 1.165) is 11.9 Å². The van der Waals surface area contributed by atoms with Crippen LogP contribution in [0, 0.1) is 0 Å². The predicted octanol–water partition coefficient (Wildman–Crippen LogP) is 1.89. The molecule has 1 aromatic heterocycles. The van der Waals surface area contributed by atoms with Gasteiger partial charge in [0.2, 0.25) is 10.0 Å². The Hall–Kier alpha value is -3.20. The molecular formula is C16H15N5O3S. The Morgan fingerprint density at radius 3 is 2.48 bits per heavy atom. The van der Waals surface area contributed by atoms with Crippen LogP contribution in [0.5, 0.6) is 0 Å². The molecule has 3 aromatic rings. The Morgan fingerprint density at radius 2 is 1.76 bits per heavy atom. The third-order valence-electron chi connectivity index (χ3n) is 3.14. The van der Waals surface area contributed by atoms with Gasteiger partial charge in [-0.05, 0) is 30.3 Å². The van der Waals surface area contributed by atoms with E-state index in [2.05, 4.69) is 20.2 Å². The molecule has 0 saturated heterocycles. The van der Waals surface area contributed by atoms with Gasteiger partial charge in [-0.2, -0.15) is 9.90 Å². The summed E-state index contributed by atoms with van der Waals surface area (Å²) in [5, 5.41) is 10.9. The van der Waals surface area contributed by atoms with Gasteiger partial charge in [0.15, 0.2) is 5.69 Å². The van der Waals surface area contributed by atoms with Gasteiger partial charge in [-0.15, -0.1) is 5.10 Å². The highest BCUT2D eigenvalue weighted by molar-refractivity contribution is 7.92. The number of hydrogen-bond acceptors (Lipinski definition) is 5. The Morgan fingerprint density at radius 1 is 1.04 bits per heavy atom. The van der Waals surface area contributed by atoms with Crippen molar-refractivity contribution in [3.8, 4) is 5.69 Å². The van der Waals surface area contributed by atoms with Crippen molar-refractivity contribution in [1.82, 2.24) is 15.0 Å². The fourth-order valence-electron chi connectivity index (χ4n) is 2.12. The molecule has 0 aliphatic carbocycles. The summed E-state index contributed by atoms with van der Waals surface area (Å²) in [4.78, 5) is 13.6. The van der Waals surface area contributed by atoms with E-state index in [0.29, 0.717) is 11.4 Å². The topological polar surface area (TPSA) is 106 Å². The molecule has 0 aliphatic rings. The lowest BCUT2D eigenvalue weighted by Crippen LogP contribution is -2.14. The van der Waals surface area contributed by atoms with Crippen LogP contribution in [0.4, 0.5) is 11.4 Å². The molecule has 0 bridgehead atoms. The second-order valence-electron chi connectivity index (χ2n) is 5.26. The van der Waals surface area contributed by atoms with Crippen LogP contribution in [-0.4, -0.2) is 35.6 Å². The number of carbonyl (C=O) groups excluding carboxylic acids is 1. The first kappa shape index (κ1) is 16.7. The normalized spacial score (nSPS) is 11.1. The van der Waals surface area contributed by atoms with Crippen LogP contribution in [-0.2, 0) is 10.0 Å². The minimum Gasteiger partial charge on any atom is -0.320 e. The molecule has 0 spiro atoms. The number of aromatic nitrogens is 3. The van der Waals surface area contributed by atoms with Crippen molar-refractivity contribution in [2.24, 2.45) is 0 Å². The molecule has 0 radical (unpaired) electrons. The molecular weight excluding hydrogens is 342 g/mol. The summed E-state index contributed by atoms with van der Waals surface area (Å²) in [5.74, 6) is -0.446. The van der Waals surface area contributed by atoms with Gasteiger partial charge in [-0.3, -0.25) is 9.52 Å². The number of carbonyl (C=O) groups is 1. The van der Waals surface area contributed by atoms with Gasteiger partial charge in [0.1, 0.15) is 0 Å².